The molecular weight excluding hydrogens is 519 g/mol. The first-order valence-electron chi connectivity index (χ1n) is 12.3. The van der Waals surface area contributed by atoms with Crippen LogP contribution in [0.5, 0.6) is 11.5 Å². The van der Waals surface area contributed by atoms with E-state index in [9.17, 15) is 14.0 Å². The highest BCUT2D eigenvalue weighted by molar-refractivity contribution is 7.18. The van der Waals surface area contributed by atoms with Gasteiger partial charge in [-0.15, -0.1) is 10.2 Å². The third-order valence-corrected chi connectivity index (χ3v) is 6.91. The van der Waals surface area contributed by atoms with Crippen LogP contribution in [-0.2, 0) is 11.2 Å². The molecule has 0 bridgehead atoms. The molecule has 0 atom stereocenters. The largest absolute Gasteiger partial charge is 0.493 e. The van der Waals surface area contributed by atoms with Crippen molar-refractivity contribution in [2.24, 2.45) is 0 Å². The zero-order valence-corrected chi connectivity index (χ0v) is 22.8. The van der Waals surface area contributed by atoms with Crippen LogP contribution >= 0.6 is 11.3 Å². The molecule has 0 spiro atoms. The van der Waals surface area contributed by atoms with Gasteiger partial charge in [0.2, 0.25) is 11.0 Å². The standard InChI is InChI=1S/C29H29FN4O4S/c1-19-6-4-7-21(16-19)27-32-33-29(39-27)31-26(35)13-15-34(28(36)22-8-5-9-23(30)18-22)14-12-20-10-11-24(37-2)25(17-20)38-3/h4-11,16-18H,12-15H2,1-3H3,(H,31,33,35). The van der Waals surface area contributed by atoms with Gasteiger partial charge in [0.05, 0.1) is 14.2 Å². The minimum atomic E-state index is -0.501. The minimum Gasteiger partial charge on any atom is -0.493 e. The number of aryl methyl sites for hydroxylation is 1. The van der Waals surface area contributed by atoms with Crippen molar-refractivity contribution in [3.8, 4) is 22.1 Å². The van der Waals surface area contributed by atoms with Crippen LogP contribution in [0.25, 0.3) is 10.6 Å². The van der Waals surface area contributed by atoms with Gasteiger partial charge in [-0.3, -0.25) is 9.59 Å². The number of nitrogens with one attached hydrogen (secondary N) is 1. The first-order chi connectivity index (χ1) is 18.9. The lowest BCUT2D eigenvalue weighted by Crippen LogP contribution is -2.35. The van der Waals surface area contributed by atoms with E-state index in [0.29, 0.717) is 34.6 Å². The highest BCUT2D eigenvalue weighted by atomic mass is 32.1. The van der Waals surface area contributed by atoms with E-state index in [1.807, 2.05) is 43.3 Å². The molecule has 10 heteroatoms. The molecule has 0 saturated carbocycles. The van der Waals surface area contributed by atoms with E-state index in [-0.39, 0.29) is 30.3 Å². The van der Waals surface area contributed by atoms with Crippen molar-refractivity contribution >= 4 is 28.3 Å². The second-order valence-electron chi connectivity index (χ2n) is 8.82. The fraction of sp³-hybridized carbons (Fsp3) is 0.241. The summed E-state index contributed by atoms with van der Waals surface area (Å²) in [5, 5.41) is 12.1. The monoisotopic (exact) mass is 548 g/mol. The number of methoxy groups -OCH3 is 2. The summed E-state index contributed by atoms with van der Waals surface area (Å²) in [5.41, 5.74) is 3.17. The number of ether oxygens (including phenoxy) is 2. The molecular formula is C29H29FN4O4S. The molecule has 1 N–H and O–H groups in total. The van der Waals surface area contributed by atoms with Gasteiger partial charge in [0.1, 0.15) is 10.8 Å². The summed E-state index contributed by atoms with van der Waals surface area (Å²) in [5.74, 6) is 0.0250. The van der Waals surface area contributed by atoms with E-state index in [1.54, 1.807) is 31.3 Å². The summed E-state index contributed by atoms with van der Waals surface area (Å²) < 4.78 is 24.5. The van der Waals surface area contributed by atoms with Crippen molar-refractivity contribution in [3.63, 3.8) is 0 Å². The number of rotatable bonds is 11. The lowest BCUT2D eigenvalue weighted by molar-refractivity contribution is -0.116. The van der Waals surface area contributed by atoms with Crippen LogP contribution in [0.15, 0.2) is 66.7 Å². The Morgan fingerprint density at radius 2 is 1.74 bits per heavy atom. The number of amides is 2. The van der Waals surface area contributed by atoms with Gasteiger partial charge in [0.25, 0.3) is 5.91 Å². The van der Waals surface area contributed by atoms with Gasteiger partial charge in [-0.05, 0) is 55.3 Å². The van der Waals surface area contributed by atoms with Crippen LogP contribution < -0.4 is 14.8 Å². The first kappa shape index (κ1) is 27.7. The maximum absolute atomic E-state index is 13.8. The molecule has 0 radical (unpaired) electrons. The quantitative estimate of drug-likeness (QED) is 0.270. The Morgan fingerprint density at radius 1 is 0.949 bits per heavy atom. The molecule has 39 heavy (non-hydrogen) atoms. The number of carbonyl (C=O) groups is 2. The molecule has 1 aromatic heterocycles. The molecule has 202 valence electrons. The lowest BCUT2D eigenvalue weighted by atomic mass is 10.1. The molecule has 0 saturated heterocycles. The van der Waals surface area contributed by atoms with E-state index < -0.39 is 5.82 Å². The van der Waals surface area contributed by atoms with Crippen LogP contribution in [0.1, 0.15) is 27.9 Å². The van der Waals surface area contributed by atoms with Crippen molar-refractivity contribution in [1.82, 2.24) is 15.1 Å². The summed E-state index contributed by atoms with van der Waals surface area (Å²) in [7, 11) is 3.12. The van der Waals surface area contributed by atoms with E-state index >= 15 is 0 Å². The second-order valence-corrected chi connectivity index (χ2v) is 9.80. The van der Waals surface area contributed by atoms with Gasteiger partial charge in [0.15, 0.2) is 11.5 Å². The van der Waals surface area contributed by atoms with E-state index in [4.69, 9.17) is 9.47 Å². The average molecular weight is 549 g/mol. The summed E-state index contributed by atoms with van der Waals surface area (Å²) in [6.45, 7) is 2.45. The first-order valence-corrected chi connectivity index (χ1v) is 13.1. The summed E-state index contributed by atoms with van der Waals surface area (Å²) >= 11 is 1.28. The molecule has 0 aliphatic heterocycles. The number of halogens is 1. The fourth-order valence-corrected chi connectivity index (χ4v) is 4.76. The number of benzene rings is 3. The topological polar surface area (TPSA) is 93.6 Å². The molecule has 4 aromatic rings. The molecule has 0 unspecified atom stereocenters. The SMILES string of the molecule is COc1ccc(CCN(CCC(=O)Nc2nnc(-c3cccc(C)c3)s2)C(=O)c2cccc(F)c2)cc1OC. The predicted octanol–water partition coefficient (Wildman–Crippen LogP) is 5.38. The zero-order valence-electron chi connectivity index (χ0n) is 21.9. The van der Waals surface area contributed by atoms with Gasteiger partial charge >= 0.3 is 0 Å². The molecule has 8 nitrogen and oxygen atoms in total. The number of nitrogens with zero attached hydrogens (tertiary/aromatic N) is 3. The minimum absolute atomic E-state index is 0.0341. The van der Waals surface area contributed by atoms with E-state index in [0.717, 1.165) is 16.7 Å². The maximum Gasteiger partial charge on any atom is 0.253 e. The van der Waals surface area contributed by atoms with Crippen molar-refractivity contribution in [2.75, 3.05) is 32.6 Å². The highest BCUT2D eigenvalue weighted by Crippen LogP contribution is 2.28. The number of anilines is 1. The van der Waals surface area contributed by atoms with Gasteiger partial charge in [-0.2, -0.15) is 0 Å². The molecule has 3 aromatic carbocycles. The molecule has 0 aliphatic rings. The van der Waals surface area contributed by atoms with Crippen LogP contribution in [-0.4, -0.2) is 54.2 Å². The lowest BCUT2D eigenvalue weighted by Gasteiger charge is -2.23. The van der Waals surface area contributed by atoms with Gasteiger partial charge in [-0.1, -0.05) is 47.2 Å². The fourth-order valence-electron chi connectivity index (χ4n) is 4.01. The molecule has 4 rings (SSSR count). The van der Waals surface area contributed by atoms with E-state index in [2.05, 4.69) is 15.5 Å². The third kappa shape index (κ3) is 7.38. The van der Waals surface area contributed by atoms with E-state index in [1.165, 1.54) is 29.5 Å². The summed E-state index contributed by atoms with van der Waals surface area (Å²) in [6.07, 6.45) is 0.533. The average Bonchev–Trinajstić information content (AvgIpc) is 3.41. The van der Waals surface area contributed by atoms with Crippen LogP contribution in [0.4, 0.5) is 9.52 Å². The smallest absolute Gasteiger partial charge is 0.253 e. The van der Waals surface area contributed by atoms with Crippen molar-refractivity contribution in [2.45, 2.75) is 19.8 Å². The number of carbonyl (C=O) groups excluding carboxylic acids is 2. The number of hydrogen-bond donors (Lipinski definition) is 1. The van der Waals surface area contributed by atoms with Gasteiger partial charge < -0.3 is 19.7 Å². The Morgan fingerprint density at radius 3 is 2.49 bits per heavy atom. The Labute approximate surface area is 230 Å². The van der Waals surface area contributed by atoms with Crippen LogP contribution in [0.3, 0.4) is 0 Å². The number of hydrogen-bond acceptors (Lipinski definition) is 7. The van der Waals surface area contributed by atoms with Crippen LogP contribution in [0.2, 0.25) is 0 Å². The van der Waals surface area contributed by atoms with Crippen molar-refractivity contribution in [3.05, 3.63) is 89.2 Å². The Hall–Kier alpha value is -4.31. The zero-order chi connectivity index (χ0) is 27.8. The van der Waals surface area contributed by atoms with Crippen molar-refractivity contribution in [1.29, 1.82) is 0 Å². The normalized spacial score (nSPS) is 10.7. The van der Waals surface area contributed by atoms with Crippen molar-refractivity contribution < 1.29 is 23.5 Å². The third-order valence-electron chi connectivity index (χ3n) is 6.02. The highest BCUT2D eigenvalue weighted by Gasteiger charge is 2.19. The molecule has 1 heterocycles. The Kier molecular flexibility index (Phi) is 9.22. The second kappa shape index (κ2) is 13.0. The molecule has 0 aliphatic carbocycles. The molecule has 0 fully saturated rings. The Balaban J connectivity index is 1.43. The molecule has 2 amide bonds. The maximum atomic E-state index is 13.8. The Bertz CT molecular complexity index is 1460. The number of aromatic nitrogens is 2. The summed E-state index contributed by atoms with van der Waals surface area (Å²) in [4.78, 5) is 27.6. The van der Waals surface area contributed by atoms with Gasteiger partial charge in [-0.25, -0.2) is 4.39 Å². The summed E-state index contributed by atoms with van der Waals surface area (Å²) in [6, 6.07) is 18.9. The van der Waals surface area contributed by atoms with Gasteiger partial charge in [0, 0.05) is 30.6 Å². The predicted molar refractivity (Wildman–Crippen MR) is 149 cm³/mol. The van der Waals surface area contributed by atoms with Crippen LogP contribution in [0, 0.1) is 12.7 Å².